The van der Waals surface area contributed by atoms with Gasteiger partial charge in [-0.1, -0.05) is 22.9 Å². The minimum atomic E-state index is -1.08. The molecule has 0 saturated heterocycles. The van der Waals surface area contributed by atoms with E-state index in [-0.39, 0.29) is 5.01 Å². The van der Waals surface area contributed by atoms with E-state index in [2.05, 4.69) is 15.5 Å². The SMILES string of the molecule is O=C(O)c1nnc(Nc2ccc(Cl)cc2)s1. The number of anilines is 2. The molecule has 0 aliphatic carbocycles. The van der Waals surface area contributed by atoms with Gasteiger partial charge in [-0.05, 0) is 24.3 Å². The topological polar surface area (TPSA) is 75.1 Å². The second kappa shape index (κ2) is 4.46. The van der Waals surface area contributed by atoms with E-state index in [1.165, 1.54) is 0 Å². The molecule has 16 heavy (non-hydrogen) atoms. The summed E-state index contributed by atoms with van der Waals surface area (Å²) < 4.78 is 0. The normalized spacial score (nSPS) is 10.1. The van der Waals surface area contributed by atoms with Crippen LogP contribution in [-0.2, 0) is 0 Å². The third kappa shape index (κ3) is 2.47. The smallest absolute Gasteiger partial charge is 0.367 e. The molecule has 1 heterocycles. The van der Waals surface area contributed by atoms with Crippen molar-refractivity contribution in [2.45, 2.75) is 0 Å². The Morgan fingerprint density at radius 3 is 2.56 bits per heavy atom. The molecule has 0 aliphatic heterocycles. The number of aromatic nitrogens is 2. The van der Waals surface area contributed by atoms with Crippen LogP contribution in [0.5, 0.6) is 0 Å². The highest BCUT2D eigenvalue weighted by molar-refractivity contribution is 7.17. The summed E-state index contributed by atoms with van der Waals surface area (Å²) in [5.74, 6) is -1.08. The number of hydrogen-bond donors (Lipinski definition) is 2. The van der Waals surface area contributed by atoms with E-state index in [1.54, 1.807) is 24.3 Å². The lowest BCUT2D eigenvalue weighted by atomic mass is 10.3. The molecular formula is C9H6ClN3O2S. The zero-order valence-corrected chi connectivity index (χ0v) is 9.42. The van der Waals surface area contributed by atoms with Crippen LogP contribution in [0.15, 0.2) is 24.3 Å². The molecule has 0 fully saturated rings. The van der Waals surface area contributed by atoms with Gasteiger partial charge < -0.3 is 10.4 Å². The summed E-state index contributed by atoms with van der Waals surface area (Å²) in [4.78, 5) is 10.6. The predicted octanol–water partition coefficient (Wildman–Crippen LogP) is 2.63. The van der Waals surface area contributed by atoms with Crippen LogP contribution in [0.4, 0.5) is 10.8 Å². The summed E-state index contributed by atoms with van der Waals surface area (Å²) in [6.45, 7) is 0. The molecule has 82 valence electrons. The number of carbonyl (C=O) groups is 1. The highest BCUT2D eigenvalue weighted by Crippen LogP contribution is 2.21. The van der Waals surface area contributed by atoms with Gasteiger partial charge in [-0.15, -0.1) is 10.2 Å². The van der Waals surface area contributed by atoms with Crippen LogP contribution < -0.4 is 5.32 Å². The first kappa shape index (κ1) is 10.8. The van der Waals surface area contributed by atoms with Gasteiger partial charge in [-0.25, -0.2) is 4.79 Å². The maximum atomic E-state index is 10.6. The molecule has 0 unspecified atom stereocenters. The second-order valence-corrected chi connectivity index (χ2v) is 4.26. The Bertz CT molecular complexity index is 512. The van der Waals surface area contributed by atoms with Crippen LogP contribution >= 0.6 is 22.9 Å². The van der Waals surface area contributed by atoms with Crippen molar-refractivity contribution in [3.05, 3.63) is 34.3 Å². The number of hydrogen-bond acceptors (Lipinski definition) is 5. The van der Waals surface area contributed by atoms with Crippen molar-refractivity contribution < 1.29 is 9.90 Å². The average molecular weight is 256 g/mol. The van der Waals surface area contributed by atoms with Gasteiger partial charge in [-0.2, -0.15) is 0 Å². The molecule has 0 spiro atoms. The summed E-state index contributed by atoms with van der Waals surface area (Å²) in [6, 6.07) is 6.99. The largest absolute Gasteiger partial charge is 0.476 e. The molecular weight excluding hydrogens is 250 g/mol. The highest BCUT2D eigenvalue weighted by Gasteiger charge is 2.10. The Labute approximate surface area is 99.7 Å². The molecule has 0 bridgehead atoms. The molecule has 1 aromatic carbocycles. The van der Waals surface area contributed by atoms with Gasteiger partial charge >= 0.3 is 5.97 Å². The standard InChI is InChI=1S/C9H6ClN3O2S/c10-5-1-3-6(4-2-5)11-9-13-12-7(16-9)8(14)15/h1-4H,(H,11,13)(H,14,15). The highest BCUT2D eigenvalue weighted by atomic mass is 35.5. The van der Waals surface area contributed by atoms with Crippen LogP contribution in [0.25, 0.3) is 0 Å². The van der Waals surface area contributed by atoms with Gasteiger partial charge in [0.05, 0.1) is 0 Å². The zero-order chi connectivity index (χ0) is 11.5. The Balaban J connectivity index is 2.14. The van der Waals surface area contributed by atoms with Crippen molar-refractivity contribution in [1.82, 2.24) is 10.2 Å². The van der Waals surface area contributed by atoms with Crippen molar-refractivity contribution in [3.8, 4) is 0 Å². The fourth-order valence-corrected chi connectivity index (χ4v) is 1.75. The molecule has 2 N–H and O–H groups in total. The Hall–Kier alpha value is -1.66. The van der Waals surface area contributed by atoms with E-state index >= 15 is 0 Å². The summed E-state index contributed by atoms with van der Waals surface area (Å²) in [5.41, 5.74) is 0.775. The molecule has 2 aromatic rings. The van der Waals surface area contributed by atoms with E-state index in [4.69, 9.17) is 16.7 Å². The Morgan fingerprint density at radius 2 is 2.00 bits per heavy atom. The average Bonchev–Trinajstić information content (AvgIpc) is 2.70. The van der Waals surface area contributed by atoms with Crippen molar-refractivity contribution in [2.24, 2.45) is 0 Å². The molecule has 5 nitrogen and oxygen atoms in total. The number of carboxylic acids is 1. The fraction of sp³-hybridized carbons (Fsp3) is 0. The molecule has 0 aliphatic rings. The van der Waals surface area contributed by atoms with Crippen molar-refractivity contribution in [1.29, 1.82) is 0 Å². The van der Waals surface area contributed by atoms with Gasteiger partial charge in [0.1, 0.15) is 0 Å². The van der Waals surface area contributed by atoms with Gasteiger partial charge in [0.2, 0.25) is 10.1 Å². The number of nitrogens with zero attached hydrogens (tertiary/aromatic N) is 2. The minimum Gasteiger partial charge on any atom is -0.476 e. The van der Waals surface area contributed by atoms with Gasteiger partial charge in [0.25, 0.3) is 0 Å². The Kier molecular flexibility index (Phi) is 3.02. The predicted molar refractivity (Wildman–Crippen MR) is 61.6 cm³/mol. The fourth-order valence-electron chi connectivity index (χ4n) is 1.02. The Morgan fingerprint density at radius 1 is 1.31 bits per heavy atom. The molecule has 0 saturated carbocycles. The van der Waals surface area contributed by atoms with Crippen molar-refractivity contribution in [3.63, 3.8) is 0 Å². The number of rotatable bonds is 3. The second-order valence-electron chi connectivity index (χ2n) is 2.85. The quantitative estimate of drug-likeness (QED) is 0.882. The number of benzene rings is 1. The minimum absolute atomic E-state index is 0.0449. The first-order chi connectivity index (χ1) is 7.65. The van der Waals surface area contributed by atoms with Crippen LogP contribution in [0.1, 0.15) is 9.80 Å². The van der Waals surface area contributed by atoms with Crippen molar-refractivity contribution in [2.75, 3.05) is 5.32 Å². The van der Waals surface area contributed by atoms with Crippen LogP contribution in [0.3, 0.4) is 0 Å². The third-order valence-corrected chi connectivity index (χ3v) is 2.78. The van der Waals surface area contributed by atoms with E-state index in [0.717, 1.165) is 17.0 Å². The van der Waals surface area contributed by atoms with Crippen LogP contribution in [0, 0.1) is 0 Å². The van der Waals surface area contributed by atoms with Crippen LogP contribution in [-0.4, -0.2) is 21.3 Å². The molecule has 1 aromatic heterocycles. The van der Waals surface area contributed by atoms with E-state index in [1.807, 2.05) is 0 Å². The monoisotopic (exact) mass is 255 g/mol. The molecule has 0 atom stereocenters. The number of halogens is 1. The lowest BCUT2D eigenvalue weighted by Crippen LogP contribution is -1.93. The number of nitrogens with one attached hydrogen (secondary N) is 1. The van der Waals surface area contributed by atoms with Gasteiger partial charge in [0, 0.05) is 10.7 Å². The summed E-state index contributed by atoms with van der Waals surface area (Å²) in [5, 5.41) is 19.8. The summed E-state index contributed by atoms with van der Waals surface area (Å²) in [7, 11) is 0. The van der Waals surface area contributed by atoms with Crippen molar-refractivity contribution >= 4 is 39.7 Å². The van der Waals surface area contributed by atoms with E-state index in [0.29, 0.717) is 10.2 Å². The molecule has 0 amide bonds. The maximum absolute atomic E-state index is 10.6. The van der Waals surface area contributed by atoms with Crippen LogP contribution in [0.2, 0.25) is 5.02 Å². The lowest BCUT2D eigenvalue weighted by molar-refractivity contribution is 0.0695. The maximum Gasteiger partial charge on any atom is 0.367 e. The first-order valence-corrected chi connectivity index (χ1v) is 5.44. The lowest BCUT2D eigenvalue weighted by Gasteiger charge is -2.00. The molecule has 7 heteroatoms. The number of aromatic carboxylic acids is 1. The zero-order valence-electron chi connectivity index (χ0n) is 7.85. The summed E-state index contributed by atoms with van der Waals surface area (Å²) in [6.07, 6.45) is 0. The molecule has 2 rings (SSSR count). The van der Waals surface area contributed by atoms with E-state index < -0.39 is 5.97 Å². The number of carboxylic acid groups (broad SMARTS) is 1. The summed E-state index contributed by atoms with van der Waals surface area (Å²) >= 11 is 6.70. The first-order valence-electron chi connectivity index (χ1n) is 4.24. The van der Waals surface area contributed by atoms with Gasteiger partial charge in [0.15, 0.2) is 0 Å². The molecule has 0 radical (unpaired) electrons. The van der Waals surface area contributed by atoms with E-state index in [9.17, 15) is 4.79 Å². The van der Waals surface area contributed by atoms with Gasteiger partial charge in [-0.3, -0.25) is 0 Å². The third-order valence-electron chi connectivity index (χ3n) is 1.70.